The van der Waals surface area contributed by atoms with Crippen LogP contribution in [0, 0.1) is 5.82 Å². The highest BCUT2D eigenvalue weighted by molar-refractivity contribution is 5.20. The molecule has 15 heavy (non-hydrogen) atoms. The van der Waals surface area contributed by atoms with Crippen molar-refractivity contribution in [3.63, 3.8) is 0 Å². The van der Waals surface area contributed by atoms with Crippen molar-refractivity contribution in [1.29, 1.82) is 0 Å². The third-order valence-electron chi connectivity index (χ3n) is 1.93. The number of rotatable bonds is 2. The molecule has 2 nitrogen and oxygen atoms in total. The summed E-state index contributed by atoms with van der Waals surface area (Å²) in [4.78, 5) is 0. The molecule has 0 amide bonds. The summed E-state index contributed by atoms with van der Waals surface area (Å²) in [6, 6.07) is 2.58. The summed E-state index contributed by atoms with van der Waals surface area (Å²) in [6.45, 7) is 0. The van der Waals surface area contributed by atoms with E-state index in [-0.39, 0.29) is 5.56 Å². The lowest BCUT2D eigenvalue weighted by molar-refractivity contribution is -0.210. The van der Waals surface area contributed by atoms with E-state index in [2.05, 4.69) is 0 Å². The molecule has 0 bridgehead atoms. The van der Waals surface area contributed by atoms with Gasteiger partial charge in [-0.05, 0) is 17.7 Å². The van der Waals surface area contributed by atoms with E-state index in [1.807, 2.05) is 0 Å². The Bertz CT molecular complexity index is 322. The van der Waals surface area contributed by atoms with Gasteiger partial charge in [0.2, 0.25) is 0 Å². The summed E-state index contributed by atoms with van der Waals surface area (Å²) < 4.78 is 48.6. The fourth-order valence-electron chi connectivity index (χ4n) is 1.07. The van der Waals surface area contributed by atoms with Crippen LogP contribution in [0.25, 0.3) is 0 Å². The van der Waals surface area contributed by atoms with E-state index in [9.17, 15) is 17.6 Å². The fraction of sp³-hybridized carbons (Fsp3) is 0.333. The summed E-state index contributed by atoms with van der Waals surface area (Å²) >= 11 is 0. The van der Waals surface area contributed by atoms with Crippen molar-refractivity contribution in [3.05, 3.63) is 35.6 Å². The van der Waals surface area contributed by atoms with Gasteiger partial charge in [0.05, 0.1) is 6.04 Å². The number of aliphatic hydroxyl groups is 1. The second kappa shape index (κ2) is 4.16. The highest BCUT2D eigenvalue weighted by atomic mass is 19.4. The van der Waals surface area contributed by atoms with Crippen LogP contribution in [0.5, 0.6) is 0 Å². The zero-order valence-electron chi connectivity index (χ0n) is 7.50. The van der Waals surface area contributed by atoms with E-state index >= 15 is 0 Å². The van der Waals surface area contributed by atoms with Crippen LogP contribution in [0.1, 0.15) is 11.6 Å². The molecule has 0 fully saturated rings. The smallest absolute Gasteiger partial charge is 0.382 e. The minimum absolute atomic E-state index is 0.0289. The zero-order valence-corrected chi connectivity index (χ0v) is 7.50. The highest BCUT2D eigenvalue weighted by Crippen LogP contribution is 2.28. The van der Waals surface area contributed by atoms with E-state index in [0.717, 1.165) is 24.3 Å². The third-order valence-corrected chi connectivity index (χ3v) is 1.93. The maximum absolute atomic E-state index is 12.5. The first kappa shape index (κ1) is 11.9. The Kier molecular flexibility index (Phi) is 3.31. The molecular formula is C9H9F4NO. The molecule has 0 aromatic heterocycles. The van der Waals surface area contributed by atoms with Crippen molar-refractivity contribution in [2.24, 2.45) is 5.73 Å². The van der Waals surface area contributed by atoms with Crippen molar-refractivity contribution in [1.82, 2.24) is 0 Å². The molecule has 0 unspecified atom stereocenters. The predicted octanol–water partition coefficient (Wildman–Crippen LogP) is 1.75. The molecule has 0 radical (unpaired) electrons. The van der Waals surface area contributed by atoms with Crippen LogP contribution in [-0.4, -0.2) is 17.4 Å². The first-order valence-corrected chi connectivity index (χ1v) is 4.08. The average Bonchev–Trinajstić information content (AvgIpc) is 2.15. The van der Waals surface area contributed by atoms with Crippen LogP contribution in [0.4, 0.5) is 17.6 Å². The lowest BCUT2D eigenvalue weighted by Crippen LogP contribution is -2.38. The molecule has 6 heteroatoms. The summed E-state index contributed by atoms with van der Waals surface area (Å²) in [5.74, 6) is -0.576. The Hall–Kier alpha value is -1.14. The van der Waals surface area contributed by atoms with Gasteiger partial charge in [-0.3, -0.25) is 0 Å². The van der Waals surface area contributed by atoms with Crippen molar-refractivity contribution < 1.29 is 22.7 Å². The van der Waals surface area contributed by atoms with E-state index in [1.54, 1.807) is 0 Å². The largest absolute Gasteiger partial charge is 0.416 e. The molecule has 84 valence electrons. The molecular weight excluding hydrogens is 214 g/mol. The predicted molar refractivity (Wildman–Crippen MR) is 45.4 cm³/mol. The maximum atomic E-state index is 12.5. The first-order chi connectivity index (χ1) is 6.82. The number of hydrogen-bond acceptors (Lipinski definition) is 2. The fourth-order valence-corrected chi connectivity index (χ4v) is 1.07. The molecule has 0 heterocycles. The zero-order chi connectivity index (χ0) is 11.6. The van der Waals surface area contributed by atoms with Crippen LogP contribution >= 0.6 is 0 Å². The van der Waals surface area contributed by atoms with E-state index in [4.69, 9.17) is 10.8 Å². The molecule has 0 aliphatic heterocycles. The number of aliphatic hydroxyl groups excluding tert-OH is 1. The number of nitrogens with two attached hydrogens (primary N) is 1. The van der Waals surface area contributed by atoms with E-state index in [1.165, 1.54) is 0 Å². The third kappa shape index (κ3) is 2.90. The number of benzene rings is 1. The lowest BCUT2D eigenvalue weighted by Gasteiger charge is -2.21. The number of halogens is 4. The van der Waals surface area contributed by atoms with Crippen LogP contribution in [0.3, 0.4) is 0 Å². The van der Waals surface area contributed by atoms with Gasteiger partial charge in [-0.1, -0.05) is 12.1 Å². The Morgan fingerprint density at radius 2 is 1.60 bits per heavy atom. The quantitative estimate of drug-likeness (QED) is 0.750. The van der Waals surface area contributed by atoms with Gasteiger partial charge in [0.15, 0.2) is 6.10 Å². The molecule has 0 saturated heterocycles. The van der Waals surface area contributed by atoms with Crippen LogP contribution in [-0.2, 0) is 0 Å². The minimum Gasteiger partial charge on any atom is -0.382 e. The Morgan fingerprint density at radius 1 is 1.13 bits per heavy atom. The van der Waals surface area contributed by atoms with Gasteiger partial charge in [-0.25, -0.2) is 4.39 Å². The second-order valence-electron chi connectivity index (χ2n) is 3.06. The summed E-state index contributed by atoms with van der Waals surface area (Å²) in [7, 11) is 0. The van der Waals surface area contributed by atoms with Crippen molar-refractivity contribution >= 4 is 0 Å². The SMILES string of the molecule is N[C@H](c1ccc(F)cc1)[C@@H](O)C(F)(F)F. The standard InChI is InChI=1S/C9H9F4NO/c10-6-3-1-5(2-4-6)7(14)8(15)9(11,12)13/h1-4,7-8,15H,14H2/t7-,8-/m1/s1. The number of alkyl halides is 3. The molecule has 1 aromatic rings. The Morgan fingerprint density at radius 3 is 2.00 bits per heavy atom. The van der Waals surface area contributed by atoms with Crippen LogP contribution < -0.4 is 5.73 Å². The van der Waals surface area contributed by atoms with Crippen molar-refractivity contribution in [2.45, 2.75) is 18.3 Å². The molecule has 0 saturated carbocycles. The van der Waals surface area contributed by atoms with Gasteiger partial charge in [-0.2, -0.15) is 13.2 Å². The van der Waals surface area contributed by atoms with Gasteiger partial charge in [0.1, 0.15) is 5.82 Å². The summed E-state index contributed by atoms with van der Waals surface area (Å²) in [6.07, 6.45) is -7.43. The van der Waals surface area contributed by atoms with Crippen molar-refractivity contribution in [2.75, 3.05) is 0 Å². The Balaban J connectivity index is 2.85. The van der Waals surface area contributed by atoms with Gasteiger partial charge >= 0.3 is 6.18 Å². The normalized spacial score (nSPS) is 16.1. The summed E-state index contributed by atoms with van der Waals surface area (Å²) in [5.41, 5.74) is 5.21. The average molecular weight is 223 g/mol. The molecule has 2 atom stereocenters. The first-order valence-electron chi connectivity index (χ1n) is 4.08. The van der Waals surface area contributed by atoms with Gasteiger partial charge < -0.3 is 10.8 Å². The van der Waals surface area contributed by atoms with Crippen molar-refractivity contribution in [3.8, 4) is 0 Å². The Labute approximate surface area is 83.3 Å². The molecule has 0 aliphatic carbocycles. The number of hydrogen-bond donors (Lipinski definition) is 2. The maximum Gasteiger partial charge on any atom is 0.416 e. The molecule has 3 N–H and O–H groups in total. The van der Waals surface area contributed by atoms with Gasteiger partial charge in [0, 0.05) is 0 Å². The highest BCUT2D eigenvalue weighted by Gasteiger charge is 2.42. The molecule has 0 aliphatic rings. The van der Waals surface area contributed by atoms with Gasteiger partial charge in [0.25, 0.3) is 0 Å². The summed E-state index contributed by atoms with van der Waals surface area (Å²) in [5, 5.41) is 8.83. The molecule has 1 aromatic carbocycles. The van der Waals surface area contributed by atoms with E-state index in [0.29, 0.717) is 0 Å². The van der Waals surface area contributed by atoms with Crippen LogP contribution in [0.2, 0.25) is 0 Å². The molecule has 1 rings (SSSR count). The topological polar surface area (TPSA) is 46.2 Å². The second-order valence-corrected chi connectivity index (χ2v) is 3.06. The van der Waals surface area contributed by atoms with Gasteiger partial charge in [-0.15, -0.1) is 0 Å². The molecule has 0 spiro atoms. The van der Waals surface area contributed by atoms with Crippen LogP contribution in [0.15, 0.2) is 24.3 Å². The van der Waals surface area contributed by atoms with E-state index < -0.39 is 24.1 Å². The minimum atomic E-state index is -4.78. The lowest BCUT2D eigenvalue weighted by atomic mass is 10.0. The monoisotopic (exact) mass is 223 g/mol.